The Kier molecular flexibility index (Phi) is 7.08. The van der Waals surface area contributed by atoms with Crippen molar-refractivity contribution in [1.29, 1.82) is 0 Å². The van der Waals surface area contributed by atoms with E-state index in [1.54, 1.807) is 11.8 Å². The molecule has 118 valence electrons. The van der Waals surface area contributed by atoms with E-state index in [0.717, 1.165) is 0 Å². The minimum atomic E-state index is 0.448. The topological polar surface area (TPSA) is 15.3 Å². The highest BCUT2D eigenvalue weighted by molar-refractivity contribution is 7.98. The van der Waals surface area contributed by atoms with Crippen molar-refractivity contribution in [2.75, 3.05) is 25.9 Å². The van der Waals surface area contributed by atoms with Gasteiger partial charge in [0.15, 0.2) is 0 Å². The Morgan fingerprint density at radius 2 is 2.00 bits per heavy atom. The van der Waals surface area contributed by atoms with Gasteiger partial charge in [-0.25, -0.2) is 0 Å². The number of rotatable bonds is 6. The summed E-state index contributed by atoms with van der Waals surface area (Å²) in [4.78, 5) is 3.97. The van der Waals surface area contributed by atoms with Crippen molar-refractivity contribution in [3.8, 4) is 0 Å². The highest BCUT2D eigenvalue weighted by atomic mass is 32.2. The summed E-state index contributed by atoms with van der Waals surface area (Å²) in [7, 11) is 0. The molecule has 3 heteroatoms. The average molecular weight is 307 g/mol. The molecule has 0 aromatic heterocycles. The molecule has 0 amide bonds. The van der Waals surface area contributed by atoms with Gasteiger partial charge in [-0.15, -0.1) is 11.8 Å². The second-order valence-corrected chi connectivity index (χ2v) is 7.01. The lowest BCUT2D eigenvalue weighted by Crippen LogP contribution is -2.33. The van der Waals surface area contributed by atoms with E-state index in [1.807, 2.05) is 0 Å². The van der Waals surface area contributed by atoms with E-state index in [-0.39, 0.29) is 0 Å². The summed E-state index contributed by atoms with van der Waals surface area (Å²) in [5, 5.41) is 3.84. The fourth-order valence-electron chi connectivity index (χ4n) is 3.20. The Balaban J connectivity index is 1.85. The van der Waals surface area contributed by atoms with Gasteiger partial charge >= 0.3 is 0 Å². The molecule has 1 fully saturated rings. The largest absolute Gasteiger partial charge is 0.307 e. The highest BCUT2D eigenvalue weighted by Crippen LogP contribution is 2.21. The number of likely N-dealkylation sites (tertiary alicyclic amines) is 1. The van der Waals surface area contributed by atoms with Gasteiger partial charge < -0.3 is 10.2 Å². The molecule has 2 rings (SSSR count). The van der Waals surface area contributed by atoms with Crippen LogP contribution in [-0.2, 0) is 0 Å². The molecule has 0 radical (unpaired) electrons. The molecule has 21 heavy (non-hydrogen) atoms. The van der Waals surface area contributed by atoms with Crippen LogP contribution in [0.2, 0.25) is 0 Å². The van der Waals surface area contributed by atoms with E-state index < -0.39 is 0 Å². The van der Waals surface area contributed by atoms with Gasteiger partial charge in [0.05, 0.1) is 0 Å². The number of thioether (sulfide) groups is 1. The van der Waals surface area contributed by atoms with Crippen LogP contribution >= 0.6 is 11.8 Å². The summed E-state index contributed by atoms with van der Waals surface area (Å²) in [5.41, 5.74) is 1.41. The van der Waals surface area contributed by atoms with Crippen LogP contribution in [0.15, 0.2) is 29.2 Å². The molecule has 0 aliphatic carbocycles. The van der Waals surface area contributed by atoms with Crippen LogP contribution in [0.25, 0.3) is 0 Å². The van der Waals surface area contributed by atoms with Crippen LogP contribution < -0.4 is 5.32 Å². The zero-order valence-corrected chi connectivity index (χ0v) is 14.6. The number of nitrogens with zero attached hydrogens (tertiary/aromatic N) is 1. The number of benzene rings is 1. The fraction of sp³-hybridized carbons (Fsp3) is 0.667. The zero-order chi connectivity index (χ0) is 15.1. The second kappa shape index (κ2) is 8.82. The molecule has 1 aromatic rings. The van der Waals surface area contributed by atoms with Crippen molar-refractivity contribution in [2.45, 2.75) is 56.5 Å². The lowest BCUT2D eigenvalue weighted by Gasteiger charge is -2.23. The Labute approximate surface area is 134 Å². The van der Waals surface area contributed by atoms with Gasteiger partial charge in [0, 0.05) is 17.0 Å². The molecule has 0 bridgehead atoms. The third kappa shape index (κ3) is 5.32. The van der Waals surface area contributed by atoms with Gasteiger partial charge in [-0.1, -0.05) is 19.1 Å². The van der Waals surface area contributed by atoms with Crippen LogP contribution in [0.4, 0.5) is 0 Å². The second-order valence-electron chi connectivity index (χ2n) is 6.13. The van der Waals surface area contributed by atoms with Crippen LogP contribution in [0.3, 0.4) is 0 Å². The third-order valence-electron chi connectivity index (χ3n) is 4.46. The van der Waals surface area contributed by atoms with E-state index >= 15 is 0 Å². The molecule has 1 heterocycles. The fourth-order valence-corrected chi connectivity index (χ4v) is 3.61. The lowest BCUT2D eigenvalue weighted by molar-refractivity contribution is 0.281. The summed E-state index contributed by atoms with van der Waals surface area (Å²) < 4.78 is 0. The van der Waals surface area contributed by atoms with E-state index in [4.69, 9.17) is 0 Å². The Bertz CT molecular complexity index is 404. The molecular weight excluding hydrogens is 276 g/mol. The van der Waals surface area contributed by atoms with Gasteiger partial charge in [0.2, 0.25) is 0 Å². The van der Waals surface area contributed by atoms with E-state index in [0.29, 0.717) is 12.1 Å². The maximum absolute atomic E-state index is 3.84. The molecule has 1 aromatic carbocycles. The first-order valence-corrected chi connectivity index (χ1v) is 9.57. The van der Waals surface area contributed by atoms with Crippen LogP contribution in [0, 0.1) is 0 Å². The van der Waals surface area contributed by atoms with Crippen LogP contribution in [0.1, 0.15) is 51.1 Å². The first kappa shape index (κ1) is 16.9. The first-order chi connectivity index (χ1) is 10.2. The summed E-state index contributed by atoms with van der Waals surface area (Å²) >= 11 is 1.81. The summed E-state index contributed by atoms with van der Waals surface area (Å²) in [5.74, 6) is 0. The Morgan fingerprint density at radius 1 is 1.24 bits per heavy atom. The lowest BCUT2D eigenvalue weighted by atomic mass is 10.0. The van der Waals surface area contributed by atoms with Gasteiger partial charge in [-0.2, -0.15) is 0 Å². The van der Waals surface area contributed by atoms with Crippen molar-refractivity contribution in [3.05, 3.63) is 29.8 Å². The molecule has 2 atom stereocenters. The molecule has 0 saturated carbocycles. The third-order valence-corrected chi connectivity index (χ3v) is 5.21. The first-order valence-electron chi connectivity index (χ1n) is 8.35. The molecule has 1 aliphatic heterocycles. The molecular formula is C18H30N2S. The van der Waals surface area contributed by atoms with Crippen molar-refractivity contribution in [2.24, 2.45) is 0 Å². The van der Waals surface area contributed by atoms with E-state index in [9.17, 15) is 0 Å². The highest BCUT2D eigenvalue weighted by Gasteiger charge is 2.18. The average Bonchev–Trinajstić information content (AvgIpc) is 2.73. The van der Waals surface area contributed by atoms with Crippen molar-refractivity contribution in [1.82, 2.24) is 10.2 Å². The predicted molar refractivity (Wildman–Crippen MR) is 94.1 cm³/mol. The Morgan fingerprint density at radius 3 is 2.67 bits per heavy atom. The molecule has 0 spiro atoms. The van der Waals surface area contributed by atoms with Gasteiger partial charge in [0.1, 0.15) is 0 Å². The molecule has 2 nitrogen and oxygen atoms in total. The maximum Gasteiger partial charge on any atom is 0.0294 e. The summed E-state index contributed by atoms with van der Waals surface area (Å²) in [6, 6.07) is 10.1. The van der Waals surface area contributed by atoms with Gasteiger partial charge in [-0.3, -0.25) is 0 Å². The standard InChI is InChI=1S/C18H30N2S/c1-4-12-20-13-5-6-17(11-14-20)19-15(2)16-7-9-18(21-3)10-8-16/h7-10,15,17,19H,4-6,11-14H2,1-3H3. The number of hydrogen-bond donors (Lipinski definition) is 1. The minimum absolute atomic E-state index is 0.448. The monoisotopic (exact) mass is 306 g/mol. The van der Waals surface area contributed by atoms with E-state index in [2.05, 4.69) is 54.6 Å². The molecule has 1 saturated heterocycles. The van der Waals surface area contributed by atoms with Gasteiger partial charge in [-0.05, 0) is 76.2 Å². The molecule has 1 aliphatic rings. The van der Waals surface area contributed by atoms with Gasteiger partial charge in [0.25, 0.3) is 0 Å². The van der Waals surface area contributed by atoms with Crippen molar-refractivity contribution >= 4 is 11.8 Å². The normalized spacial score (nSPS) is 22.0. The summed E-state index contributed by atoms with van der Waals surface area (Å²) in [6.45, 7) is 8.37. The minimum Gasteiger partial charge on any atom is -0.307 e. The number of nitrogens with one attached hydrogen (secondary N) is 1. The van der Waals surface area contributed by atoms with Crippen LogP contribution in [0.5, 0.6) is 0 Å². The smallest absolute Gasteiger partial charge is 0.0294 e. The summed E-state index contributed by atoms with van der Waals surface area (Å²) in [6.07, 6.45) is 7.33. The zero-order valence-electron chi connectivity index (χ0n) is 13.8. The Hall–Kier alpha value is -0.510. The quantitative estimate of drug-likeness (QED) is 0.788. The molecule has 1 N–H and O–H groups in total. The number of hydrogen-bond acceptors (Lipinski definition) is 3. The van der Waals surface area contributed by atoms with Crippen molar-refractivity contribution in [3.63, 3.8) is 0 Å². The van der Waals surface area contributed by atoms with E-state index in [1.165, 1.54) is 55.8 Å². The maximum atomic E-state index is 3.84. The molecule has 2 unspecified atom stereocenters. The predicted octanol–water partition coefficient (Wildman–Crippen LogP) is 4.32. The van der Waals surface area contributed by atoms with Crippen LogP contribution in [-0.4, -0.2) is 36.8 Å². The van der Waals surface area contributed by atoms with Crippen molar-refractivity contribution < 1.29 is 0 Å². The SMILES string of the molecule is CCCN1CCCC(NC(C)c2ccc(SC)cc2)CC1.